The second kappa shape index (κ2) is 13.5. The Hall–Kier alpha value is -4.75. The van der Waals surface area contributed by atoms with Gasteiger partial charge in [0.15, 0.2) is 5.82 Å². The van der Waals surface area contributed by atoms with E-state index in [4.69, 9.17) is 0 Å². The number of nitrogens with zero attached hydrogens (tertiary/aromatic N) is 7. The van der Waals surface area contributed by atoms with Gasteiger partial charge in [-0.05, 0) is 91.8 Å². The first-order chi connectivity index (χ1) is 26.3. The van der Waals surface area contributed by atoms with Crippen molar-refractivity contribution < 1.29 is 19.5 Å². The number of piperazine rings is 1. The molecule has 1 saturated carbocycles. The number of likely N-dealkylation sites (tertiary alicyclic amines) is 1. The number of carbonyl (C=O) groups is 3. The quantitative estimate of drug-likeness (QED) is 0.309. The van der Waals surface area contributed by atoms with Crippen molar-refractivity contribution in [3.63, 3.8) is 0 Å². The predicted molar refractivity (Wildman–Crippen MR) is 204 cm³/mol. The number of fused-ring (bicyclic) bond motifs is 6. The van der Waals surface area contributed by atoms with E-state index in [9.17, 15) is 19.5 Å². The zero-order valence-electron chi connectivity index (χ0n) is 30.7. The Morgan fingerprint density at radius 1 is 0.833 bits per heavy atom. The number of aromatic hydroxyl groups is 1. The van der Waals surface area contributed by atoms with Crippen LogP contribution in [0.3, 0.4) is 0 Å². The molecule has 0 radical (unpaired) electrons. The van der Waals surface area contributed by atoms with Gasteiger partial charge in [0.1, 0.15) is 11.8 Å². The van der Waals surface area contributed by atoms with E-state index < -0.39 is 6.04 Å². The highest BCUT2D eigenvalue weighted by Gasteiger charge is 2.46. The van der Waals surface area contributed by atoms with Crippen molar-refractivity contribution in [1.82, 2.24) is 30.2 Å². The summed E-state index contributed by atoms with van der Waals surface area (Å²) in [4.78, 5) is 49.4. The number of phenolic OH excluding ortho intramolecular Hbond substituents is 1. The SMILES string of the molecule is O=C1CCC(N2Cc3cc(N4CCC(CN5C[C@@H]6CC5C[C@H]6CN5CCN6c7cc(-c8ccccc8O)nnc7NC[C@H]6C5)CC4)ccc3C2=O)C(=O)N1. The predicted octanol–water partition coefficient (Wildman–Crippen LogP) is 3.15. The van der Waals surface area contributed by atoms with Gasteiger partial charge in [-0.1, -0.05) is 12.1 Å². The normalized spacial score (nSPS) is 28.6. The molecule has 13 heteroatoms. The summed E-state index contributed by atoms with van der Waals surface area (Å²) in [6.45, 7) is 10.1. The molecule has 5 fully saturated rings. The number of phenols is 1. The van der Waals surface area contributed by atoms with Crippen LogP contribution in [0, 0.1) is 17.8 Å². The molecule has 3 amide bonds. The van der Waals surface area contributed by atoms with Crippen LogP contribution < -0.4 is 20.4 Å². The molecule has 5 atom stereocenters. The van der Waals surface area contributed by atoms with Crippen LogP contribution in [-0.4, -0.2) is 125 Å². The molecule has 54 heavy (non-hydrogen) atoms. The number of hydrogen-bond donors (Lipinski definition) is 3. The van der Waals surface area contributed by atoms with Crippen molar-refractivity contribution in [3.8, 4) is 17.0 Å². The number of imide groups is 1. The smallest absolute Gasteiger partial charge is 0.255 e. The number of amides is 3. The third-order valence-corrected chi connectivity index (χ3v) is 13.6. The average molecular weight is 732 g/mol. The van der Waals surface area contributed by atoms with Crippen LogP contribution in [-0.2, 0) is 16.1 Å². The molecule has 7 aliphatic rings. The fraction of sp³-hybridized carbons (Fsp3) is 0.537. The number of piperidine rings is 3. The van der Waals surface area contributed by atoms with Crippen molar-refractivity contribution in [2.24, 2.45) is 17.8 Å². The molecular weight excluding hydrogens is 683 g/mol. The third kappa shape index (κ3) is 6.05. The highest BCUT2D eigenvalue weighted by Crippen LogP contribution is 2.44. The van der Waals surface area contributed by atoms with Crippen molar-refractivity contribution in [3.05, 3.63) is 59.7 Å². The van der Waals surface area contributed by atoms with Gasteiger partial charge in [0.2, 0.25) is 11.8 Å². The molecule has 6 aliphatic heterocycles. The molecule has 13 nitrogen and oxygen atoms in total. The number of hydrogen-bond acceptors (Lipinski definition) is 11. The Balaban J connectivity index is 0.695. The van der Waals surface area contributed by atoms with Gasteiger partial charge in [0.25, 0.3) is 5.91 Å². The maximum Gasteiger partial charge on any atom is 0.255 e. The lowest BCUT2D eigenvalue weighted by molar-refractivity contribution is -0.136. The molecule has 2 unspecified atom stereocenters. The first-order valence-electron chi connectivity index (χ1n) is 20.0. The van der Waals surface area contributed by atoms with E-state index >= 15 is 0 Å². The summed E-state index contributed by atoms with van der Waals surface area (Å²) >= 11 is 0. The first-order valence-corrected chi connectivity index (χ1v) is 20.0. The van der Waals surface area contributed by atoms with Crippen molar-refractivity contribution in [1.29, 1.82) is 0 Å². The molecule has 2 bridgehead atoms. The van der Waals surface area contributed by atoms with E-state index in [0.717, 1.165) is 79.9 Å². The lowest BCUT2D eigenvalue weighted by atomic mass is 9.91. The third-order valence-electron chi connectivity index (χ3n) is 13.6. The van der Waals surface area contributed by atoms with Crippen LogP contribution in [0.1, 0.15) is 54.4 Å². The lowest BCUT2D eigenvalue weighted by Crippen LogP contribution is -2.58. The van der Waals surface area contributed by atoms with Crippen LogP contribution >= 0.6 is 0 Å². The topological polar surface area (TPSA) is 137 Å². The van der Waals surface area contributed by atoms with Crippen LogP contribution in [0.25, 0.3) is 11.3 Å². The van der Waals surface area contributed by atoms with Gasteiger partial charge >= 0.3 is 0 Å². The molecule has 2 aromatic carbocycles. The second-order valence-electron chi connectivity index (χ2n) is 16.7. The molecule has 7 heterocycles. The molecular formula is C41H49N9O4. The van der Waals surface area contributed by atoms with Gasteiger partial charge in [0, 0.05) is 94.7 Å². The molecule has 4 saturated heterocycles. The number of rotatable bonds is 7. The summed E-state index contributed by atoms with van der Waals surface area (Å²) in [5.74, 6) is 2.60. The van der Waals surface area contributed by atoms with E-state index in [1.165, 1.54) is 45.3 Å². The average Bonchev–Trinajstić information content (AvgIpc) is 3.87. The number of benzene rings is 2. The zero-order chi connectivity index (χ0) is 36.5. The summed E-state index contributed by atoms with van der Waals surface area (Å²) in [7, 11) is 0. The maximum absolute atomic E-state index is 13.2. The molecule has 1 aromatic heterocycles. The minimum absolute atomic E-state index is 0.112. The molecule has 3 aromatic rings. The van der Waals surface area contributed by atoms with E-state index in [2.05, 4.69) is 58.6 Å². The van der Waals surface area contributed by atoms with Crippen LogP contribution in [0.5, 0.6) is 5.75 Å². The van der Waals surface area contributed by atoms with E-state index in [0.29, 0.717) is 41.7 Å². The second-order valence-corrected chi connectivity index (χ2v) is 16.7. The summed E-state index contributed by atoms with van der Waals surface area (Å²) < 4.78 is 0. The zero-order valence-corrected chi connectivity index (χ0v) is 30.7. The number of aromatic nitrogens is 2. The van der Waals surface area contributed by atoms with Gasteiger partial charge in [-0.15, -0.1) is 10.2 Å². The maximum atomic E-state index is 13.2. The Kier molecular flexibility index (Phi) is 8.46. The fourth-order valence-corrected chi connectivity index (χ4v) is 10.7. The number of carbonyl (C=O) groups excluding carboxylic acids is 3. The minimum atomic E-state index is -0.578. The van der Waals surface area contributed by atoms with Crippen molar-refractivity contribution in [2.75, 3.05) is 74.0 Å². The molecule has 10 rings (SSSR count). The van der Waals surface area contributed by atoms with Crippen LogP contribution in [0.2, 0.25) is 0 Å². The molecule has 282 valence electrons. The Morgan fingerprint density at radius 3 is 2.52 bits per heavy atom. The summed E-state index contributed by atoms with van der Waals surface area (Å²) in [5.41, 5.74) is 5.31. The molecule has 1 aliphatic carbocycles. The number of nitrogens with one attached hydrogen (secondary N) is 2. The fourth-order valence-electron chi connectivity index (χ4n) is 10.7. The van der Waals surface area contributed by atoms with Gasteiger partial charge in [-0.2, -0.15) is 0 Å². The van der Waals surface area contributed by atoms with Gasteiger partial charge in [0.05, 0.1) is 17.4 Å². The number of anilines is 3. The van der Waals surface area contributed by atoms with E-state index in [-0.39, 0.29) is 29.9 Å². The van der Waals surface area contributed by atoms with E-state index in [1.54, 1.807) is 11.0 Å². The minimum Gasteiger partial charge on any atom is -0.507 e. The van der Waals surface area contributed by atoms with E-state index in [1.807, 2.05) is 24.3 Å². The van der Waals surface area contributed by atoms with Crippen LogP contribution in [0.4, 0.5) is 17.2 Å². The lowest BCUT2D eigenvalue weighted by Gasteiger charge is -2.47. The summed E-state index contributed by atoms with van der Waals surface area (Å²) in [5, 5.41) is 25.2. The van der Waals surface area contributed by atoms with Gasteiger partial charge in [-0.3, -0.25) is 29.5 Å². The largest absolute Gasteiger partial charge is 0.507 e. The van der Waals surface area contributed by atoms with Crippen molar-refractivity contribution in [2.45, 2.75) is 63.2 Å². The first kappa shape index (κ1) is 33.8. The summed E-state index contributed by atoms with van der Waals surface area (Å²) in [6.07, 6.45) is 5.68. The highest BCUT2D eigenvalue weighted by molar-refractivity contribution is 6.05. The van der Waals surface area contributed by atoms with Crippen LogP contribution in [0.15, 0.2) is 48.5 Å². The van der Waals surface area contributed by atoms with Crippen molar-refractivity contribution >= 4 is 34.9 Å². The Labute approximate surface area is 315 Å². The molecule has 3 N–H and O–H groups in total. The molecule has 0 spiro atoms. The van der Waals surface area contributed by atoms with Gasteiger partial charge < -0.3 is 25.1 Å². The number of para-hydroxylation sites is 1. The van der Waals surface area contributed by atoms with Gasteiger partial charge in [-0.25, -0.2) is 0 Å². The standard InChI is InChI=1S/C41H49N9O4/c51-37-4-2-1-3-33(37)34-18-36-39(45-44-34)42-19-31-24-46(13-14-49(31)36)21-26-15-30-16-27(26)22-48(30)20-25-9-11-47(12-10-25)29-5-6-32-28(17-29)23-50(41(32)54)35-7-8-38(52)43-40(35)53/h1-6,17-18,25-27,30-31,35,51H,7-16,19-24H2,(H,42,45)(H,43,52,53)/t26-,27-,30?,31-,35?/m0/s1. The monoisotopic (exact) mass is 731 g/mol. The highest BCUT2D eigenvalue weighted by atomic mass is 16.3. The Bertz CT molecular complexity index is 1980. The Morgan fingerprint density at radius 2 is 1.70 bits per heavy atom. The summed E-state index contributed by atoms with van der Waals surface area (Å²) in [6, 6.07) is 16.1.